The van der Waals surface area contributed by atoms with E-state index in [9.17, 15) is 4.79 Å². The number of nitrogens with one attached hydrogen (secondary N) is 1. The summed E-state index contributed by atoms with van der Waals surface area (Å²) in [5.74, 6) is 1.50. The number of hydrogen-bond donors (Lipinski definition) is 1. The number of carbonyl (C=O) groups is 1. The average Bonchev–Trinajstić information content (AvgIpc) is 2.29. The fraction of sp³-hybridized carbons (Fsp3) is 0.462. The lowest BCUT2D eigenvalue weighted by molar-refractivity contribution is -0.113. The van der Waals surface area contributed by atoms with Crippen molar-refractivity contribution in [2.45, 2.75) is 13.3 Å². The molecule has 0 heterocycles. The fourth-order valence-corrected chi connectivity index (χ4v) is 2.11. The molecule has 0 aromatic heterocycles. The van der Waals surface area contributed by atoms with E-state index in [-0.39, 0.29) is 5.91 Å². The Labute approximate surface area is 107 Å². The van der Waals surface area contributed by atoms with Crippen LogP contribution < -0.4 is 5.32 Å². The maximum absolute atomic E-state index is 11.6. The average molecular weight is 253 g/mol. The topological polar surface area (TPSA) is 38.3 Å². The molecule has 0 unspecified atom stereocenters. The maximum Gasteiger partial charge on any atom is 0.234 e. The molecule has 0 saturated heterocycles. The van der Waals surface area contributed by atoms with Crippen LogP contribution in [-0.2, 0) is 9.53 Å². The van der Waals surface area contributed by atoms with Gasteiger partial charge in [-0.1, -0.05) is 12.1 Å². The molecule has 0 aliphatic rings. The molecule has 1 N–H and O–H groups in total. The summed E-state index contributed by atoms with van der Waals surface area (Å²) in [6.07, 6.45) is 0.985. The molecule has 1 amide bonds. The van der Waals surface area contributed by atoms with Crippen LogP contribution in [0.4, 0.5) is 5.69 Å². The van der Waals surface area contributed by atoms with Crippen LogP contribution in [0.1, 0.15) is 12.0 Å². The van der Waals surface area contributed by atoms with Crippen LogP contribution in [0.2, 0.25) is 0 Å². The molecular formula is C13H19NO2S. The van der Waals surface area contributed by atoms with Crippen molar-refractivity contribution in [3.63, 3.8) is 0 Å². The number of thioether (sulfide) groups is 1. The molecule has 4 heteroatoms. The molecule has 0 saturated carbocycles. The lowest BCUT2D eigenvalue weighted by atomic mass is 10.2. The molecule has 3 nitrogen and oxygen atoms in total. The van der Waals surface area contributed by atoms with Crippen molar-refractivity contribution in [1.29, 1.82) is 0 Å². The highest BCUT2D eigenvalue weighted by molar-refractivity contribution is 7.99. The van der Waals surface area contributed by atoms with Gasteiger partial charge in [0.25, 0.3) is 0 Å². The van der Waals surface area contributed by atoms with Gasteiger partial charge in [0.15, 0.2) is 0 Å². The second kappa shape index (κ2) is 8.14. The van der Waals surface area contributed by atoms with Gasteiger partial charge in [0.1, 0.15) is 0 Å². The third-order valence-electron chi connectivity index (χ3n) is 2.17. The molecule has 0 bridgehead atoms. The lowest BCUT2D eigenvalue weighted by Crippen LogP contribution is -2.14. The van der Waals surface area contributed by atoms with Crippen molar-refractivity contribution >= 4 is 23.4 Å². The smallest absolute Gasteiger partial charge is 0.234 e. The van der Waals surface area contributed by atoms with Gasteiger partial charge in [0, 0.05) is 19.4 Å². The summed E-state index contributed by atoms with van der Waals surface area (Å²) in [5, 5.41) is 2.88. The van der Waals surface area contributed by atoms with Crippen LogP contribution in [0.5, 0.6) is 0 Å². The van der Waals surface area contributed by atoms with Crippen LogP contribution in [0.15, 0.2) is 24.3 Å². The number of amides is 1. The van der Waals surface area contributed by atoms with Gasteiger partial charge < -0.3 is 10.1 Å². The third kappa shape index (κ3) is 6.34. The van der Waals surface area contributed by atoms with Crippen molar-refractivity contribution < 1.29 is 9.53 Å². The molecule has 1 aromatic rings. The van der Waals surface area contributed by atoms with Crippen LogP contribution in [-0.4, -0.2) is 31.1 Å². The monoisotopic (exact) mass is 253 g/mol. The van der Waals surface area contributed by atoms with Crippen LogP contribution in [0.25, 0.3) is 0 Å². The maximum atomic E-state index is 11.6. The molecule has 1 rings (SSSR count). The van der Waals surface area contributed by atoms with Gasteiger partial charge in [-0.2, -0.15) is 11.8 Å². The molecular weight excluding hydrogens is 234 g/mol. The van der Waals surface area contributed by atoms with Gasteiger partial charge in [-0.3, -0.25) is 4.79 Å². The van der Waals surface area contributed by atoms with Gasteiger partial charge >= 0.3 is 0 Å². The zero-order valence-electron chi connectivity index (χ0n) is 10.4. The van der Waals surface area contributed by atoms with Crippen molar-refractivity contribution in [3.05, 3.63) is 29.8 Å². The Kier molecular flexibility index (Phi) is 6.74. The Hall–Kier alpha value is -1.00. The first-order valence-corrected chi connectivity index (χ1v) is 6.81. The molecule has 1 aromatic carbocycles. The summed E-state index contributed by atoms with van der Waals surface area (Å²) in [6.45, 7) is 2.77. The second-order valence-corrected chi connectivity index (χ2v) is 4.92. The molecule has 94 valence electrons. The standard InChI is InChI=1S/C13H19NO2S/c1-11-5-3-6-12(9-11)14-13(15)10-17-8-4-7-16-2/h3,5-6,9H,4,7-8,10H2,1-2H3,(H,14,15). The number of anilines is 1. The van der Waals surface area contributed by atoms with E-state index in [4.69, 9.17) is 4.74 Å². The first-order valence-electron chi connectivity index (χ1n) is 5.65. The van der Waals surface area contributed by atoms with Crippen LogP contribution >= 0.6 is 11.8 Å². The van der Waals surface area contributed by atoms with Crippen molar-refractivity contribution in [1.82, 2.24) is 0 Å². The van der Waals surface area contributed by atoms with E-state index in [0.717, 1.165) is 30.0 Å². The zero-order chi connectivity index (χ0) is 12.5. The van der Waals surface area contributed by atoms with Crippen molar-refractivity contribution in [2.75, 3.05) is 30.5 Å². The van der Waals surface area contributed by atoms with Gasteiger partial charge in [0.05, 0.1) is 5.75 Å². The molecule has 0 aliphatic heterocycles. The SMILES string of the molecule is COCCCSCC(=O)Nc1cccc(C)c1. The highest BCUT2D eigenvalue weighted by Crippen LogP contribution is 2.10. The van der Waals surface area contributed by atoms with E-state index < -0.39 is 0 Å². The number of rotatable bonds is 7. The van der Waals surface area contributed by atoms with Gasteiger partial charge in [0.2, 0.25) is 5.91 Å². The molecule has 17 heavy (non-hydrogen) atoms. The Morgan fingerprint density at radius 3 is 3.00 bits per heavy atom. The van der Waals surface area contributed by atoms with E-state index in [2.05, 4.69) is 5.32 Å². The Balaban J connectivity index is 2.21. The van der Waals surface area contributed by atoms with Crippen LogP contribution in [0.3, 0.4) is 0 Å². The molecule has 0 spiro atoms. The highest BCUT2D eigenvalue weighted by Gasteiger charge is 2.02. The lowest BCUT2D eigenvalue weighted by Gasteiger charge is -2.05. The summed E-state index contributed by atoms with van der Waals surface area (Å²) < 4.78 is 4.94. The zero-order valence-corrected chi connectivity index (χ0v) is 11.2. The Morgan fingerprint density at radius 2 is 2.29 bits per heavy atom. The summed E-state index contributed by atoms with van der Waals surface area (Å²) in [4.78, 5) is 11.6. The second-order valence-electron chi connectivity index (χ2n) is 3.82. The number of methoxy groups -OCH3 is 1. The first kappa shape index (κ1) is 14.1. The number of aryl methyl sites for hydroxylation is 1. The molecule has 0 atom stereocenters. The fourth-order valence-electron chi connectivity index (χ4n) is 1.39. The minimum absolute atomic E-state index is 0.0537. The Morgan fingerprint density at radius 1 is 1.47 bits per heavy atom. The number of benzene rings is 1. The summed E-state index contributed by atoms with van der Waals surface area (Å²) in [6, 6.07) is 7.82. The van der Waals surface area contributed by atoms with E-state index in [1.165, 1.54) is 0 Å². The summed E-state index contributed by atoms with van der Waals surface area (Å²) in [5.41, 5.74) is 2.02. The van der Waals surface area contributed by atoms with Gasteiger partial charge in [-0.05, 0) is 36.8 Å². The quantitative estimate of drug-likeness (QED) is 0.759. The minimum Gasteiger partial charge on any atom is -0.385 e. The van der Waals surface area contributed by atoms with E-state index in [0.29, 0.717) is 5.75 Å². The predicted octanol–water partition coefficient (Wildman–Crippen LogP) is 2.70. The number of carbonyl (C=O) groups excluding carboxylic acids is 1. The van der Waals surface area contributed by atoms with Gasteiger partial charge in [-0.15, -0.1) is 0 Å². The first-order chi connectivity index (χ1) is 8.22. The van der Waals surface area contributed by atoms with Crippen LogP contribution in [0, 0.1) is 6.92 Å². The molecule has 0 aliphatic carbocycles. The molecule has 0 fully saturated rings. The van der Waals surface area contributed by atoms with E-state index >= 15 is 0 Å². The summed E-state index contributed by atoms with van der Waals surface area (Å²) in [7, 11) is 1.69. The molecule has 0 radical (unpaired) electrons. The normalized spacial score (nSPS) is 10.2. The van der Waals surface area contributed by atoms with Crippen molar-refractivity contribution in [2.24, 2.45) is 0 Å². The highest BCUT2D eigenvalue weighted by atomic mass is 32.2. The summed E-state index contributed by atoms with van der Waals surface area (Å²) >= 11 is 1.63. The van der Waals surface area contributed by atoms with E-state index in [1.807, 2.05) is 31.2 Å². The predicted molar refractivity (Wildman–Crippen MR) is 73.6 cm³/mol. The largest absolute Gasteiger partial charge is 0.385 e. The van der Waals surface area contributed by atoms with E-state index in [1.54, 1.807) is 18.9 Å². The minimum atomic E-state index is 0.0537. The van der Waals surface area contributed by atoms with Crippen molar-refractivity contribution in [3.8, 4) is 0 Å². The number of hydrogen-bond acceptors (Lipinski definition) is 3. The Bertz CT molecular complexity index is 355. The third-order valence-corrected chi connectivity index (χ3v) is 3.22. The number of ether oxygens (including phenoxy) is 1. The van der Waals surface area contributed by atoms with Gasteiger partial charge in [-0.25, -0.2) is 0 Å².